The van der Waals surface area contributed by atoms with Crippen LogP contribution in [0.2, 0.25) is 0 Å². The Bertz CT molecular complexity index is 995. The van der Waals surface area contributed by atoms with E-state index in [4.69, 9.17) is 9.26 Å². The van der Waals surface area contributed by atoms with Crippen LogP contribution in [0.1, 0.15) is 28.9 Å². The van der Waals surface area contributed by atoms with Gasteiger partial charge in [-0.2, -0.15) is 0 Å². The van der Waals surface area contributed by atoms with Gasteiger partial charge < -0.3 is 19.9 Å². The first-order chi connectivity index (χ1) is 14.7. The summed E-state index contributed by atoms with van der Waals surface area (Å²) in [5.41, 5.74) is 2.17. The van der Waals surface area contributed by atoms with Gasteiger partial charge in [0.25, 0.3) is 11.8 Å². The first-order valence-corrected chi connectivity index (χ1v) is 9.99. The minimum Gasteiger partial charge on any atom is -0.484 e. The van der Waals surface area contributed by atoms with Crippen LogP contribution < -0.4 is 15.4 Å². The van der Waals surface area contributed by atoms with Crippen molar-refractivity contribution in [2.75, 3.05) is 13.2 Å². The van der Waals surface area contributed by atoms with Crippen LogP contribution in [0.5, 0.6) is 5.75 Å². The van der Waals surface area contributed by atoms with E-state index in [0.29, 0.717) is 30.5 Å². The van der Waals surface area contributed by atoms with Crippen molar-refractivity contribution in [1.82, 2.24) is 15.8 Å². The summed E-state index contributed by atoms with van der Waals surface area (Å²) in [6.45, 7) is 0.491. The zero-order valence-corrected chi connectivity index (χ0v) is 16.5. The van der Waals surface area contributed by atoms with Gasteiger partial charge in [0.1, 0.15) is 5.75 Å². The van der Waals surface area contributed by atoms with Crippen LogP contribution >= 0.6 is 0 Å². The highest BCUT2D eigenvalue weighted by Gasteiger charge is 2.23. The van der Waals surface area contributed by atoms with E-state index in [0.717, 1.165) is 24.0 Å². The minimum atomic E-state index is -0.275. The van der Waals surface area contributed by atoms with Crippen molar-refractivity contribution in [2.45, 2.75) is 25.3 Å². The van der Waals surface area contributed by atoms with Gasteiger partial charge in [0, 0.05) is 24.2 Å². The van der Waals surface area contributed by atoms with Crippen molar-refractivity contribution >= 4 is 11.8 Å². The molecule has 0 atom stereocenters. The normalized spacial score (nSPS) is 12.9. The van der Waals surface area contributed by atoms with Crippen molar-refractivity contribution in [2.24, 2.45) is 0 Å². The number of nitrogens with zero attached hydrogens (tertiary/aromatic N) is 1. The third-order valence-electron chi connectivity index (χ3n) is 4.74. The van der Waals surface area contributed by atoms with Gasteiger partial charge >= 0.3 is 0 Å². The molecule has 7 nitrogen and oxygen atoms in total. The van der Waals surface area contributed by atoms with Gasteiger partial charge in [-0.25, -0.2) is 0 Å². The number of hydrogen-bond acceptors (Lipinski definition) is 5. The van der Waals surface area contributed by atoms with Gasteiger partial charge in [-0.15, -0.1) is 0 Å². The summed E-state index contributed by atoms with van der Waals surface area (Å²) in [6, 6.07) is 19.0. The first kappa shape index (κ1) is 19.7. The van der Waals surface area contributed by atoms with Crippen molar-refractivity contribution < 1.29 is 18.8 Å². The van der Waals surface area contributed by atoms with E-state index in [9.17, 15) is 9.59 Å². The molecule has 1 aliphatic rings. The average Bonchev–Trinajstić information content (AvgIpc) is 3.44. The molecule has 4 rings (SSSR count). The Hall–Kier alpha value is -3.61. The highest BCUT2D eigenvalue weighted by Crippen LogP contribution is 2.20. The summed E-state index contributed by atoms with van der Waals surface area (Å²) in [4.78, 5) is 23.9. The fourth-order valence-corrected chi connectivity index (χ4v) is 2.93. The number of hydrogen-bond donors (Lipinski definition) is 2. The summed E-state index contributed by atoms with van der Waals surface area (Å²) in [5, 5.41) is 9.58. The molecule has 3 aromatic rings. The van der Waals surface area contributed by atoms with E-state index in [2.05, 4.69) is 15.8 Å². The first-order valence-electron chi connectivity index (χ1n) is 9.99. The fourth-order valence-electron chi connectivity index (χ4n) is 2.93. The predicted octanol–water partition coefficient (Wildman–Crippen LogP) is 2.97. The lowest BCUT2D eigenvalue weighted by molar-refractivity contribution is -0.123. The average molecular weight is 405 g/mol. The second-order valence-corrected chi connectivity index (χ2v) is 7.22. The molecule has 1 aliphatic carbocycles. The predicted molar refractivity (Wildman–Crippen MR) is 111 cm³/mol. The quantitative estimate of drug-likeness (QED) is 0.571. The molecule has 30 heavy (non-hydrogen) atoms. The van der Waals surface area contributed by atoms with Gasteiger partial charge in [-0.3, -0.25) is 9.59 Å². The van der Waals surface area contributed by atoms with Crippen molar-refractivity contribution in [3.63, 3.8) is 0 Å². The number of aromatic nitrogens is 1. The van der Waals surface area contributed by atoms with Gasteiger partial charge in [-0.05, 0) is 37.0 Å². The Morgan fingerprint density at radius 2 is 1.83 bits per heavy atom. The topological polar surface area (TPSA) is 93.5 Å². The largest absolute Gasteiger partial charge is 0.484 e. The summed E-state index contributed by atoms with van der Waals surface area (Å²) in [6.07, 6.45) is 2.78. The number of nitrogens with one attached hydrogen (secondary N) is 2. The van der Waals surface area contributed by atoms with Crippen LogP contribution in [0.25, 0.3) is 11.3 Å². The molecular formula is C23H23N3O4. The molecule has 0 saturated heterocycles. The van der Waals surface area contributed by atoms with Crippen LogP contribution in [-0.2, 0) is 11.2 Å². The molecular weight excluding hydrogens is 382 g/mol. The van der Waals surface area contributed by atoms with E-state index < -0.39 is 0 Å². The maximum Gasteiger partial charge on any atom is 0.273 e. The molecule has 2 N–H and O–H groups in total. The summed E-state index contributed by atoms with van der Waals surface area (Å²) < 4.78 is 10.8. The minimum absolute atomic E-state index is 0.0224. The monoisotopic (exact) mass is 405 g/mol. The lowest BCUT2D eigenvalue weighted by atomic mass is 10.1. The zero-order chi connectivity index (χ0) is 20.8. The molecule has 154 valence electrons. The molecule has 0 aliphatic heterocycles. The van der Waals surface area contributed by atoms with Crippen molar-refractivity contribution in [1.29, 1.82) is 0 Å². The molecule has 2 amide bonds. The van der Waals surface area contributed by atoms with Crippen LogP contribution in [-0.4, -0.2) is 36.2 Å². The molecule has 7 heteroatoms. The number of benzene rings is 2. The van der Waals surface area contributed by atoms with Gasteiger partial charge in [0.15, 0.2) is 18.1 Å². The highest BCUT2D eigenvalue weighted by atomic mass is 16.5. The molecule has 1 saturated carbocycles. The summed E-state index contributed by atoms with van der Waals surface area (Å²) in [7, 11) is 0. The van der Waals surface area contributed by atoms with Gasteiger partial charge in [0.2, 0.25) is 0 Å². The van der Waals surface area contributed by atoms with E-state index in [1.165, 1.54) is 0 Å². The van der Waals surface area contributed by atoms with E-state index >= 15 is 0 Å². The lowest BCUT2D eigenvalue weighted by Gasteiger charge is -2.08. The zero-order valence-electron chi connectivity index (χ0n) is 16.5. The molecule has 0 bridgehead atoms. The van der Waals surface area contributed by atoms with Gasteiger partial charge in [-0.1, -0.05) is 47.6 Å². The summed E-state index contributed by atoms with van der Waals surface area (Å²) in [5.74, 6) is 0.835. The molecule has 0 unspecified atom stereocenters. The van der Waals surface area contributed by atoms with Crippen LogP contribution in [0.15, 0.2) is 65.2 Å². The second-order valence-electron chi connectivity index (χ2n) is 7.22. The fraction of sp³-hybridized carbons (Fsp3) is 0.261. The highest BCUT2D eigenvalue weighted by molar-refractivity contribution is 5.93. The summed E-state index contributed by atoms with van der Waals surface area (Å²) >= 11 is 0. The molecule has 1 heterocycles. The number of amides is 2. The standard InChI is InChI=1S/C23H23N3O4/c27-22(25-18-8-9-18)15-29-19-10-6-16(7-11-19)12-13-24-23(28)20-14-21(30-26-20)17-4-2-1-3-5-17/h1-7,10-11,14,18H,8-9,12-13,15H2,(H,24,28)(H,25,27). The third-order valence-corrected chi connectivity index (χ3v) is 4.74. The Morgan fingerprint density at radius 3 is 2.57 bits per heavy atom. The molecule has 1 fully saturated rings. The maximum absolute atomic E-state index is 12.3. The number of rotatable bonds is 9. The number of carbonyl (C=O) groups excluding carboxylic acids is 2. The Balaban J connectivity index is 1.20. The van der Waals surface area contributed by atoms with Crippen LogP contribution in [0.3, 0.4) is 0 Å². The van der Waals surface area contributed by atoms with Crippen molar-refractivity contribution in [3.8, 4) is 17.1 Å². The van der Waals surface area contributed by atoms with E-state index in [1.54, 1.807) is 6.07 Å². The van der Waals surface area contributed by atoms with Gasteiger partial charge in [0.05, 0.1) is 0 Å². The Labute approximate surface area is 174 Å². The molecule has 1 aromatic heterocycles. The molecule has 0 spiro atoms. The SMILES string of the molecule is O=C(COc1ccc(CCNC(=O)c2cc(-c3ccccc3)on2)cc1)NC1CC1. The van der Waals surface area contributed by atoms with Crippen LogP contribution in [0.4, 0.5) is 0 Å². The maximum atomic E-state index is 12.3. The lowest BCUT2D eigenvalue weighted by Crippen LogP contribution is -2.30. The van der Waals surface area contributed by atoms with Crippen LogP contribution in [0, 0.1) is 0 Å². The Kier molecular flexibility index (Phi) is 6.08. The molecule has 0 radical (unpaired) electrons. The van der Waals surface area contributed by atoms with E-state index in [1.807, 2.05) is 54.6 Å². The van der Waals surface area contributed by atoms with E-state index in [-0.39, 0.29) is 24.1 Å². The molecule has 2 aromatic carbocycles. The smallest absolute Gasteiger partial charge is 0.273 e. The van der Waals surface area contributed by atoms with Crippen molar-refractivity contribution in [3.05, 3.63) is 71.9 Å². The number of carbonyl (C=O) groups is 2. The number of ether oxygens (including phenoxy) is 1. The Morgan fingerprint density at radius 1 is 1.07 bits per heavy atom. The second kappa shape index (κ2) is 9.26. The third kappa shape index (κ3) is 5.47.